The second-order valence-electron chi connectivity index (χ2n) is 6.07. The molecule has 132 valence electrons. The standard InChI is InChI=1S/C22H23N3O/c23-15-19-13-7-8-14-21(19)25-22(26)24-16-20(17-9-3-1-4-10-17)18-11-5-2-6-12-18/h1-14,20H,15-16,23H2,(H2,24,25,26). The first kappa shape index (κ1) is 17.7. The lowest BCUT2D eigenvalue weighted by Gasteiger charge is -2.19. The topological polar surface area (TPSA) is 67.1 Å². The Morgan fingerprint density at radius 3 is 1.92 bits per heavy atom. The Bertz CT molecular complexity index is 795. The van der Waals surface area contributed by atoms with E-state index in [2.05, 4.69) is 34.9 Å². The van der Waals surface area contributed by atoms with Crippen LogP contribution in [0.1, 0.15) is 22.6 Å². The van der Waals surface area contributed by atoms with Crippen LogP contribution in [0.4, 0.5) is 10.5 Å². The maximum Gasteiger partial charge on any atom is 0.319 e. The van der Waals surface area contributed by atoms with Gasteiger partial charge in [-0.3, -0.25) is 0 Å². The first-order valence-corrected chi connectivity index (χ1v) is 8.70. The fraction of sp³-hybridized carbons (Fsp3) is 0.136. The van der Waals surface area contributed by atoms with E-state index in [1.54, 1.807) is 0 Å². The minimum atomic E-state index is -0.234. The van der Waals surface area contributed by atoms with E-state index >= 15 is 0 Å². The van der Waals surface area contributed by atoms with Crippen LogP contribution in [-0.4, -0.2) is 12.6 Å². The van der Waals surface area contributed by atoms with Crippen molar-refractivity contribution < 1.29 is 4.79 Å². The van der Waals surface area contributed by atoms with E-state index in [0.717, 1.165) is 11.3 Å². The molecule has 0 aliphatic heterocycles. The van der Waals surface area contributed by atoms with Crippen LogP contribution in [0, 0.1) is 0 Å². The number of amides is 2. The summed E-state index contributed by atoms with van der Waals surface area (Å²) in [5.41, 5.74) is 9.71. The second-order valence-corrected chi connectivity index (χ2v) is 6.07. The fourth-order valence-electron chi connectivity index (χ4n) is 2.98. The van der Waals surface area contributed by atoms with Gasteiger partial charge in [0, 0.05) is 24.7 Å². The number of urea groups is 1. The molecule has 0 unspecified atom stereocenters. The highest BCUT2D eigenvalue weighted by atomic mass is 16.2. The molecule has 4 nitrogen and oxygen atoms in total. The molecule has 0 saturated carbocycles. The lowest BCUT2D eigenvalue weighted by Crippen LogP contribution is -2.33. The van der Waals surface area contributed by atoms with Crippen LogP contribution in [0.25, 0.3) is 0 Å². The summed E-state index contributed by atoms with van der Waals surface area (Å²) in [7, 11) is 0. The number of hydrogen-bond acceptors (Lipinski definition) is 2. The van der Waals surface area contributed by atoms with Crippen molar-refractivity contribution in [3.05, 3.63) is 102 Å². The molecule has 0 heterocycles. The zero-order valence-corrected chi connectivity index (χ0v) is 14.6. The van der Waals surface area contributed by atoms with Crippen molar-refractivity contribution in [1.82, 2.24) is 5.32 Å². The van der Waals surface area contributed by atoms with Gasteiger partial charge in [-0.1, -0.05) is 78.9 Å². The predicted octanol–water partition coefficient (Wildman–Crippen LogP) is 4.10. The Morgan fingerprint density at radius 1 is 0.808 bits per heavy atom. The molecule has 0 saturated heterocycles. The maximum atomic E-state index is 12.4. The van der Waals surface area contributed by atoms with E-state index in [9.17, 15) is 4.79 Å². The van der Waals surface area contributed by atoms with Gasteiger partial charge in [-0.2, -0.15) is 0 Å². The average molecular weight is 345 g/mol. The zero-order valence-electron chi connectivity index (χ0n) is 14.6. The summed E-state index contributed by atoms with van der Waals surface area (Å²) in [6.45, 7) is 0.887. The molecule has 0 aliphatic carbocycles. The van der Waals surface area contributed by atoms with Gasteiger partial charge < -0.3 is 16.4 Å². The minimum Gasteiger partial charge on any atom is -0.337 e. The van der Waals surface area contributed by atoms with Crippen LogP contribution >= 0.6 is 0 Å². The van der Waals surface area contributed by atoms with Crippen LogP contribution in [0.15, 0.2) is 84.9 Å². The number of anilines is 1. The Morgan fingerprint density at radius 2 is 1.35 bits per heavy atom. The van der Waals surface area contributed by atoms with E-state index in [0.29, 0.717) is 13.1 Å². The lowest BCUT2D eigenvalue weighted by atomic mass is 9.91. The molecule has 0 aromatic heterocycles. The molecule has 0 bridgehead atoms. The molecular formula is C22H23N3O. The highest BCUT2D eigenvalue weighted by Gasteiger charge is 2.15. The molecule has 2 amide bonds. The van der Waals surface area contributed by atoms with E-state index in [4.69, 9.17) is 5.73 Å². The fourth-order valence-corrected chi connectivity index (χ4v) is 2.98. The number of carbonyl (C=O) groups excluding carboxylic acids is 1. The first-order valence-electron chi connectivity index (χ1n) is 8.70. The van der Waals surface area contributed by atoms with Gasteiger partial charge >= 0.3 is 6.03 Å². The summed E-state index contributed by atoms with van der Waals surface area (Å²) >= 11 is 0. The van der Waals surface area contributed by atoms with Gasteiger partial charge in [-0.15, -0.1) is 0 Å². The summed E-state index contributed by atoms with van der Waals surface area (Å²) in [6.07, 6.45) is 0. The monoisotopic (exact) mass is 345 g/mol. The van der Waals surface area contributed by atoms with Gasteiger partial charge in [0.25, 0.3) is 0 Å². The number of rotatable bonds is 6. The molecular weight excluding hydrogens is 322 g/mol. The third-order valence-electron chi connectivity index (χ3n) is 4.36. The molecule has 0 atom stereocenters. The first-order chi connectivity index (χ1) is 12.8. The number of nitrogens with one attached hydrogen (secondary N) is 2. The van der Waals surface area contributed by atoms with Crippen LogP contribution in [-0.2, 0) is 6.54 Å². The number of para-hydroxylation sites is 1. The number of carbonyl (C=O) groups is 1. The molecule has 0 fully saturated rings. The van der Waals surface area contributed by atoms with Crippen molar-refractivity contribution in [1.29, 1.82) is 0 Å². The highest BCUT2D eigenvalue weighted by molar-refractivity contribution is 5.90. The van der Waals surface area contributed by atoms with Gasteiger partial charge in [0.05, 0.1) is 0 Å². The molecule has 0 spiro atoms. The third kappa shape index (κ3) is 4.49. The normalized spacial score (nSPS) is 10.5. The zero-order chi connectivity index (χ0) is 18.2. The van der Waals surface area contributed by atoms with Crippen molar-refractivity contribution in [3.63, 3.8) is 0 Å². The summed E-state index contributed by atoms with van der Waals surface area (Å²) < 4.78 is 0. The van der Waals surface area contributed by atoms with Gasteiger partial charge in [-0.05, 0) is 22.8 Å². The van der Waals surface area contributed by atoms with Crippen LogP contribution < -0.4 is 16.4 Å². The Balaban J connectivity index is 1.71. The number of benzene rings is 3. The molecule has 3 aromatic carbocycles. The summed E-state index contributed by atoms with van der Waals surface area (Å²) in [4.78, 5) is 12.4. The molecule has 4 heteroatoms. The largest absolute Gasteiger partial charge is 0.337 e. The minimum absolute atomic E-state index is 0.0907. The van der Waals surface area contributed by atoms with E-state index < -0.39 is 0 Å². The molecule has 3 rings (SSSR count). The van der Waals surface area contributed by atoms with Gasteiger partial charge in [0.1, 0.15) is 0 Å². The summed E-state index contributed by atoms with van der Waals surface area (Å²) in [5, 5.41) is 5.88. The average Bonchev–Trinajstić information content (AvgIpc) is 2.70. The van der Waals surface area contributed by atoms with Gasteiger partial charge in [0.15, 0.2) is 0 Å². The molecule has 0 aliphatic rings. The van der Waals surface area contributed by atoms with Crippen molar-refractivity contribution >= 4 is 11.7 Å². The quantitative estimate of drug-likeness (QED) is 0.630. The Hall–Kier alpha value is -3.11. The summed E-state index contributed by atoms with van der Waals surface area (Å²) in [6, 6.07) is 27.7. The van der Waals surface area contributed by atoms with Gasteiger partial charge in [-0.25, -0.2) is 4.79 Å². The highest BCUT2D eigenvalue weighted by Crippen LogP contribution is 2.23. The number of hydrogen-bond donors (Lipinski definition) is 3. The molecule has 4 N–H and O–H groups in total. The molecule has 0 radical (unpaired) electrons. The smallest absolute Gasteiger partial charge is 0.319 e. The van der Waals surface area contributed by atoms with Crippen LogP contribution in [0.3, 0.4) is 0 Å². The third-order valence-corrected chi connectivity index (χ3v) is 4.36. The summed E-state index contributed by atoms with van der Waals surface area (Å²) in [5.74, 6) is 0.0907. The van der Waals surface area contributed by atoms with E-state index in [1.807, 2.05) is 60.7 Å². The molecule has 26 heavy (non-hydrogen) atoms. The SMILES string of the molecule is NCc1ccccc1NC(=O)NCC(c1ccccc1)c1ccccc1. The van der Waals surface area contributed by atoms with E-state index in [-0.39, 0.29) is 11.9 Å². The van der Waals surface area contributed by atoms with Crippen LogP contribution in [0.2, 0.25) is 0 Å². The van der Waals surface area contributed by atoms with Crippen molar-refractivity contribution in [2.75, 3.05) is 11.9 Å². The van der Waals surface area contributed by atoms with Gasteiger partial charge in [0.2, 0.25) is 0 Å². The predicted molar refractivity (Wildman–Crippen MR) is 106 cm³/mol. The van der Waals surface area contributed by atoms with Crippen LogP contribution in [0.5, 0.6) is 0 Å². The molecule has 3 aromatic rings. The Labute approximate surface area is 154 Å². The van der Waals surface area contributed by atoms with Crippen molar-refractivity contribution in [2.24, 2.45) is 5.73 Å². The number of nitrogens with two attached hydrogens (primary N) is 1. The van der Waals surface area contributed by atoms with Crippen molar-refractivity contribution in [2.45, 2.75) is 12.5 Å². The lowest BCUT2D eigenvalue weighted by molar-refractivity contribution is 0.252. The Kier molecular flexibility index (Phi) is 6.01. The second kappa shape index (κ2) is 8.83. The van der Waals surface area contributed by atoms with E-state index in [1.165, 1.54) is 11.1 Å². The maximum absolute atomic E-state index is 12.4. The van der Waals surface area contributed by atoms with Crippen molar-refractivity contribution in [3.8, 4) is 0 Å².